The van der Waals surface area contributed by atoms with Gasteiger partial charge in [0.2, 0.25) is 10.0 Å². The van der Waals surface area contributed by atoms with Gasteiger partial charge in [-0.2, -0.15) is 0 Å². The Morgan fingerprint density at radius 3 is 2.00 bits per heavy atom. The van der Waals surface area contributed by atoms with Crippen molar-refractivity contribution in [3.05, 3.63) is 66.2 Å². The van der Waals surface area contributed by atoms with Gasteiger partial charge in [0.05, 0.1) is 11.0 Å². The van der Waals surface area contributed by atoms with E-state index in [4.69, 9.17) is 0 Å². The van der Waals surface area contributed by atoms with Gasteiger partial charge in [-0.05, 0) is 24.6 Å². The molecule has 4 nitrogen and oxygen atoms in total. The SMILES string of the molecule is C[C@@H](NS(=O)(=O)c1ccccc1)[C@H](O)c1ccccc1. The van der Waals surface area contributed by atoms with Crippen molar-refractivity contribution in [1.82, 2.24) is 4.72 Å². The highest BCUT2D eigenvalue weighted by Crippen LogP contribution is 2.18. The molecule has 0 saturated heterocycles. The number of sulfonamides is 1. The van der Waals surface area contributed by atoms with Crippen molar-refractivity contribution in [1.29, 1.82) is 0 Å². The van der Waals surface area contributed by atoms with Gasteiger partial charge in [-0.3, -0.25) is 0 Å². The first-order chi connectivity index (χ1) is 9.50. The molecule has 0 heterocycles. The molecule has 0 aliphatic rings. The van der Waals surface area contributed by atoms with Crippen LogP contribution in [0.5, 0.6) is 0 Å². The van der Waals surface area contributed by atoms with Crippen LogP contribution in [0.25, 0.3) is 0 Å². The van der Waals surface area contributed by atoms with Gasteiger partial charge < -0.3 is 5.11 Å². The molecule has 0 aliphatic carbocycles. The fourth-order valence-corrected chi connectivity index (χ4v) is 3.19. The van der Waals surface area contributed by atoms with E-state index in [1.54, 1.807) is 49.4 Å². The molecule has 2 aromatic rings. The average molecular weight is 291 g/mol. The van der Waals surface area contributed by atoms with Gasteiger partial charge in [0, 0.05) is 6.04 Å². The molecule has 5 heteroatoms. The van der Waals surface area contributed by atoms with Crippen LogP contribution in [-0.2, 0) is 10.0 Å². The number of rotatable bonds is 5. The van der Waals surface area contributed by atoms with Crippen LogP contribution in [0.1, 0.15) is 18.6 Å². The standard InChI is InChI=1S/C15H17NO3S/c1-12(15(17)13-8-4-2-5-9-13)16-20(18,19)14-10-6-3-7-11-14/h2-12,15-17H,1H3/t12-,15+/m1/s1. The van der Waals surface area contributed by atoms with Gasteiger partial charge in [-0.1, -0.05) is 48.5 Å². The van der Waals surface area contributed by atoms with Gasteiger partial charge in [-0.25, -0.2) is 13.1 Å². The van der Waals surface area contributed by atoms with Crippen molar-refractivity contribution < 1.29 is 13.5 Å². The lowest BCUT2D eigenvalue weighted by molar-refractivity contribution is 0.146. The quantitative estimate of drug-likeness (QED) is 0.886. The van der Waals surface area contributed by atoms with Crippen LogP contribution < -0.4 is 4.72 Å². The highest BCUT2D eigenvalue weighted by Gasteiger charge is 2.23. The summed E-state index contributed by atoms with van der Waals surface area (Å²) in [6.45, 7) is 1.64. The second-order valence-electron chi connectivity index (χ2n) is 4.58. The molecule has 106 valence electrons. The van der Waals surface area contributed by atoms with Crippen molar-refractivity contribution in [2.45, 2.75) is 24.0 Å². The molecular formula is C15H17NO3S. The van der Waals surface area contributed by atoms with Crippen molar-refractivity contribution in [3.63, 3.8) is 0 Å². The second-order valence-corrected chi connectivity index (χ2v) is 6.29. The van der Waals surface area contributed by atoms with Crippen LogP contribution in [0.3, 0.4) is 0 Å². The molecule has 20 heavy (non-hydrogen) atoms. The Labute approximate surface area is 119 Å². The Kier molecular flexibility index (Phi) is 4.54. The largest absolute Gasteiger partial charge is 0.387 e. The summed E-state index contributed by atoms with van der Waals surface area (Å²) in [5.74, 6) is 0. The fraction of sp³-hybridized carbons (Fsp3) is 0.200. The summed E-state index contributed by atoms with van der Waals surface area (Å²) in [6, 6.07) is 16.5. The summed E-state index contributed by atoms with van der Waals surface area (Å²) < 4.78 is 26.8. The Balaban J connectivity index is 2.14. The number of benzene rings is 2. The lowest BCUT2D eigenvalue weighted by atomic mass is 10.0. The zero-order valence-corrected chi connectivity index (χ0v) is 11.9. The van der Waals surface area contributed by atoms with Crippen LogP contribution >= 0.6 is 0 Å². The molecule has 0 aromatic heterocycles. The minimum atomic E-state index is -3.62. The van der Waals surface area contributed by atoms with Crippen molar-refractivity contribution in [2.75, 3.05) is 0 Å². The smallest absolute Gasteiger partial charge is 0.240 e. The monoisotopic (exact) mass is 291 g/mol. The summed E-state index contributed by atoms with van der Waals surface area (Å²) in [7, 11) is -3.62. The molecule has 0 saturated carbocycles. The minimum absolute atomic E-state index is 0.187. The van der Waals surface area contributed by atoms with E-state index >= 15 is 0 Å². The molecule has 0 spiro atoms. The maximum atomic E-state index is 12.2. The molecule has 0 bridgehead atoms. The summed E-state index contributed by atoms with van der Waals surface area (Å²) in [5, 5.41) is 10.2. The third-order valence-electron chi connectivity index (χ3n) is 3.01. The molecule has 2 aromatic carbocycles. The third-order valence-corrected chi connectivity index (χ3v) is 4.58. The van der Waals surface area contributed by atoms with Crippen LogP contribution in [-0.4, -0.2) is 19.6 Å². The molecule has 2 atom stereocenters. The molecule has 0 fully saturated rings. The van der Waals surface area contributed by atoms with Crippen LogP contribution in [0.4, 0.5) is 0 Å². The maximum Gasteiger partial charge on any atom is 0.240 e. The second kappa shape index (κ2) is 6.17. The van der Waals surface area contributed by atoms with Gasteiger partial charge in [0.1, 0.15) is 0 Å². The predicted octanol–water partition coefficient (Wildman–Crippen LogP) is 2.09. The van der Waals surface area contributed by atoms with Gasteiger partial charge in [0.15, 0.2) is 0 Å². The number of nitrogens with one attached hydrogen (secondary N) is 1. The fourth-order valence-electron chi connectivity index (χ4n) is 1.92. The highest BCUT2D eigenvalue weighted by atomic mass is 32.2. The van der Waals surface area contributed by atoms with E-state index in [1.165, 1.54) is 12.1 Å². The number of hydrogen-bond acceptors (Lipinski definition) is 3. The number of aliphatic hydroxyl groups excluding tert-OH is 1. The topological polar surface area (TPSA) is 66.4 Å². The highest BCUT2D eigenvalue weighted by molar-refractivity contribution is 7.89. The molecule has 0 radical (unpaired) electrons. The molecule has 0 unspecified atom stereocenters. The average Bonchev–Trinajstić information content (AvgIpc) is 2.48. The minimum Gasteiger partial charge on any atom is -0.387 e. The van der Waals surface area contributed by atoms with E-state index in [2.05, 4.69) is 4.72 Å². The van der Waals surface area contributed by atoms with E-state index in [0.717, 1.165) is 0 Å². The molecule has 0 amide bonds. The Bertz CT molecular complexity index is 641. The van der Waals surface area contributed by atoms with E-state index in [9.17, 15) is 13.5 Å². The summed E-state index contributed by atoms with van der Waals surface area (Å²) in [6.07, 6.45) is -0.894. The van der Waals surface area contributed by atoms with Crippen LogP contribution in [0.2, 0.25) is 0 Å². The van der Waals surface area contributed by atoms with Gasteiger partial charge in [-0.15, -0.1) is 0 Å². The van der Waals surface area contributed by atoms with Crippen LogP contribution in [0, 0.1) is 0 Å². The van der Waals surface area contributed by atoms with Gasteiger partial charge >= 0.3 is 0 Å². The summed E-state index contributed by atoms with van der Waals surface area (Å²) >= 11 is 0. The van der Waals surface area contributed by atoms with E-state index in [1.807, 2.05) is 6.07 Å². The number of aliphatic hydroxyl groups is 1. The van der Waals surface area contributed by atoms with Gasteiger partial charge in [0.25, 0.3) is 0 Å². The Hall–Kier alpha value is -1.69. The van der Waals surface area contributed by atoms with E-state index in [-0.39, 0.29) is 4.90 Å². The summed E-state index contributed by atoms with van der Waals surface area (Å²) in [5.41, 5.74) is 0.677. The first-order valence-electron chi connectivity index (χ1n) is 6.31. The first-order valence-corrected chi connectivity index (χ1v) is 7.79. The van der Waals surface area contributed by atoms with Crippen LogP contribution in [0.15, 0.2) is 65.6 Å². The molecule has 0 aliphatic heterocycles. The molecule has 2 rings (SSSR count). The molecule has 2 N–H and O–H groups in total. The molecular weight excluding hydrogens is 274 g/mol. The normalized spacial score (nSPS) is 14.7. The van der Waals surface area contributed by atoms with E-state index < -0.39 is 22.2 Å². The summed E-state index contributed by atoms with van der Waals surface area (Å²) in [4.78, 5) is 0.187. The van der Waals surface area contributed by atoms with Crippen molar-refractivity contribution in [3.8, 4) is 0 Å². The Morgan fingerprint density at radius 1 is 0.950 bits per heavy atom. The lowest BCUT2D eigenvalue weighted by Crippen LogP contribution is -2.37. The number of hydrogen-bond donors (Lipinski definition) is 2. The zero-order valence-electron chi connectivity index (χ0n) is 11.1. The predicted molar refractivity (Wildman–Crippen MR) is 77.6 cm³/mol. The zero-order chi connectivity index (χ0) is 14.6. The first kappa shape index (κ1) is 14.7. The maximum absolute atomic E-state index is 12.2. The van der Waals surface area contributed by atoms with Crippen molar-refractivity contribution in [2.24, 2.45) is 0 Å². The third kappa shape index (κ3) is 3.45. The van der Waals surface area contributed by atoms with Crippen molar-refractivity contribution >= 4 is 10.0 Å². The van der Waals surface area contributed by atoms with E-state index in [0.29, 0.717) is 5.56 Å². The lowest BCUT2D eigenvalue weighted by Gasteiger charge is -2.20. The Morgan fingerprint density at radius 2 is 1.45 bits per heavy atom.